The van der Waals surface area contributed by atoms with Gasteiger partial charge in [0.25, 0.3) is 0 Å². The quantitative estimate of drug-likeness (QED) is 0.802. The first-order valence-corrected chi connectivity index (χ1v) is 8.84. The van der Waals surface area contributed by atoms with E-state index in [0.717, 1.165) is 16.7 Å². The largest absolute Gasteiger partial charge is 0.395 e. The van der Waals surface area contributed by atoms with Crippen molar-refractivity contribution in [2.24, 2.45) is 0 Å². The van der Waals surface area contributed by atoms with Gasteiger partial charge in [-0.05, 0) is 17.0 Å². The second-order valence-electron chi connectivity index (χ2n) is 4.41. The molecule has 0 atom stereocenters. The lowest BCUT2D eigenvalue weighted by atomic mass is 10.3. The maximum absolute atomic E-state index is 11.7. The molecule has 0 spiro atoms. The highest BCUT2D eigenvalue weighted by Gasteiger charge is 2.15. The van der Waals surface area contributed by atoms with E-state index in [2.05, 4.69) is 11.8 Å². The molecule has 0 saturated carbocycles. The van der Waals surface area contributed by atoms with Gasteiger partial charge in [-0.15, -0.1) is 11.3 Å². The van der Waals surface area contributed by atoms with Crippen molar-refractivity contribution in [3.05, 3.63) is 21.9 Å². The van der Waals surface area contributed by atoms with Gasteiger partial charge in [-0.1, -0.05) is 11.8 Å². The third-order valence-electron chi connectivity index (χ3n) is 2.33. The van der Waals surface area contributed by atoms with Crippen molar-refractivity contribution in [2.45, 2.75) is 13.0 Å². The second-order valence-corrected chi connectivity index (χ2v) is 7.47. The van der Waals surface area contributed by atoms with Crippen LogP contribution in [0.5, 0.6) is 0 Å². The van der Waals surface area contributed by atoms with Gasteiger partial charge in [-0.2, -0.15) is 0 Å². The van der Waals surface area contributed by atoms with Gasteiger partial charge in [0.15, 0.2) is 9.84 Å². The number of amides is 1. The summed E-state index contributed by atoms with van der Waals surface area (Å²) in [7, 11) is -1.73. The Morgan fingerprint density at radius 1 is 1.50 bits per heavy atom. The molecule has 0 bridgehead atoms. The summed E-state index contributed by atoms with van der Waals surface area (Å²) >= 11 is 1.46. The van der Waals surface area contributed by atoms with Gasteiger partial charge in [0.2, 0.25) is 5.91 Å². The molecule has 0 radical (unpaired) electrons. The van der Waals surface area contributed by atoms with Gasteiger partial charge < -0.3 is 10.0 Å². The van der Waals surface area contributed by atoms with E-state index in [-0.39, 0.29) is 6.61 Å². The standard InChI is InChI=1S/C13H17NO4S2/c1-14(13(16)10-20(2,17)18)8-11-7-12(19-9-11)5-3-4-6-15/h7,9,15H,4,6,8,10H2,1-2H3. The fourth-order valence-corrected chi connectivity index (χ4v) is 2.87. The number of thiophene rings is 1. The van der Waals surface area contributed by atoms with Gasteiger partial charge >= 0.3 is 0 Å². The van der Waals surface area contributed by atoms with E-state index in [1.165, 1.54) is 16.2 Å². The Morgan fingerprint density at radius 3 is 2.80 bits per heavy atom. The fourth-order valence-electron chi connectivity index (χ4n) is 1.43. The van der Waals surface area contributed by atoms with E-state index >= 15 is 0 Å². The molecule has 20 heavy (non-hydrogen) atoms. The molecule has 0 aliphatic rings. The minimum Gasteiger partial charge on any atom is -0.395 e. The molecule has 1 aromatic heterocycles. The van der Waals surface area contributed by atoms with Crippen molar-refractivity contribution < 1.29 is 18.3 Å². The summed E-state index contributed by atoms with van der Waals surface area (Å²) in [5.41, 5.74) is 0.910. The molecule has 0 unspecified atom stereocenters. The molecule has 0 aliphatic carbocycles. The molecule has 1 heterocycles. The SMILES string of the molecule is CN(Cc1csc(C#CCCO)c1)C(=O)CS(C)(=O)=O. The van der Waals surface area contributed by atoms with Crippen LogP contribution >= 0.6 is 11.3 Å². The van der Waals surface area contributed by atoms with Crippen molar-refractivity contribution in [2.75, 3.05) is 25.7 Å². The third kappa shape index (κ3) is 6.19. The van der Waals surface area contributed by atoms with Gasteiger partial charge in [-0.3, -0.25) is 4.79 Å². The topological polar surface area (TPSA) is 74.7 Å². The van der Waals surface area contributed by atoms with Crippen LogP contribution in [0.25, 0.3) is 0 Å². The Labute approximate surface area is 123 Å². The number of sulfone groups is 1. The predicted molar refractivity (Wildman–Crippen MR) is 79.1 cm³/mol. The van der Waals surface area contributed by atoms with Crippen molar-refractivity contribution in [3.63, 3.8) is 0 Å². The average Bonchev–Trinajstić information content (AvgIpc) is 2.75. The van der Waals surface area contributed by atoms with E-state index in [1.54, 1.807) is 7.05 Å². The first kappa shape index (κ1) is 16.7. The van der Waals surface area contributed by atoms with Crippen LogP contribution in [-0.2, 0) is 21.2 Å². The maximum Gasteiger partial charge on any atom is 0.237 e. The molecule has 1 amide bonds. The summed E-state index contributed by atoms with van der Waals surface area (Å²) in [6.07, 6.45) is 1.47. The van der Waals surface area contributed by atoms with Gasteiger partial charge in [0.1, 0.15) is 5.75 Å². The van der Waals surface area contributed by atoms with Crippen LogP contribution in [0.4, 0.5) is 0 Å². The minimum absolute atomic E-state index is 0.0357. The number of aliphatic hydroxyl groups excluding tert-OH is 1. The number of hydrogen-bond donors (Lipinski definition) is 1. The number of carbonyl (C=O) groups excluding carboxylic acids is 1. The molecule has 5 nitrogen and oxygen atoms in total. The van der Waals surface area contributed by atoms with E-state index < -0.39 is 21.5 Å². The van der Waals surface area contributed by atoms with E-state index in [1.807, 2.05) is 11.4 Å². The number of aliphatic hydroxyl groups is 1. The molecule has 1 aromatic rings. The number of nitrogens with zero attached hydrogens (tertiary/aromatic N) is 1. The Bertz CT molecular complexity index is 622. The molecule has 0 aliphatic heterocycles. The summed E-state index contributed by atoms with van der Waals surface area (Å²) in [5, 5.41) is 10.5. The van der Waals surface area contributed by atoms with Crippen molar-refractivity contribution in [1.82, 2.24) is 4.90 Å². The highest BCUT2D eigenvalue weighted by atomic mass is 32.2. The normalized spacial score (nSPS) is 10.8. The monoisotopic (exact) mass is 315 g/mol. The molecule has 7 heteroatoms. The summed E-state index contributed by atoms with van der Waals surface area (Å²) in [4.78, 5) is 13.9. The first-order valence-electron chi connectivity index (χ1n) is 5.90. The van der Waals surface area contributed by atoms with Crippen LogP contribution in [0.1, 0.15) is 16.9 Å². The van der Waals surface area contributed by atoms with Gasteiger partial charge in [0.05, 0.1) is 11.5 Å². The fraction of sp³-hybridized carbons (Fsp3) is 0.462. The Balaban J connectivity index is 2.61. The zero-order valence-electron chi connectivity index (χ0n) is 11.4. The molecule has 110 valence electrons. The molecule has 1 rings (SSSR count). The Hall–Kier alpha value is -1.36. The van der Waals surface area contributed by atoms with Crippen molar-refractivity contribution in [3.8, 4) is 11.8 Å². The lowest BCUT2D eigenvalue weighted by molar-refractivity contribution is -0.127. The van der Waals surface area contributed by atoms with Gasteiger partial charge in [0, 0.05) is 26.3 Å². The Morgan fingerprint density at radius 2 is 2.20 bits per heavy atom. The lowest BCUT2D eigenvalue weighted by Crippen LogP contribution is -2.31. The summed E-state index contributed by atoms with van der Waals surface area (Å²) in [6, 6.07) is 1.86. The zero-order chi connectivity index (χ0) is 15.2. The van der Waals surface area contributed by atoms with Crippen LogP contribution in [-0.4, -0.2) is 50.0 Å². The van der Waals surface area contributed by atoms with Crippen LogP contribution in [0, 0.1) is 11.8 Å². The lowest BCUT2D eigenvalue weighted by Gasteiger charge is -2.15. The van der Waals surface area contributed by atoms with E-state index in [4.69, 9.17) is 5.11 Å². The zero-order valence-corrected chi connectivity index (χ0v) is 13.1. The first-order chi connectivity index (χ1) is 9.31. The van der Waals surface area contributed by atoms with Crippen molar-refractivity contribution >= 4 is 27.1 Å². The van der Waals surface area contributed by atoms with Crippen LogP contribution in [0.2, 0.25) is 0 Å². The molecular weight excluding hydrogens is 298 g/mol. The highest BCUT2D eigenvalue weighted by Crippen LogP contribution is 2.15. The van der Waals surface area contributed by atoms with Crippen LogP contribution in [0.3, 0.4) is 0 Å². The number of rotatable bonds is 5. The van der Waals surface area contributed by atoms with E-state index in [0.29, 0.717) is 13.0 Å². The summed E-state index contributed by atoms with van der Waals surface area (Å²) in [5.74, 6) is 4.84. The molecule has 0 saturated heterocycles. The van der Waals surface area contributed by atoms with Crippen molar-refractivity contribution in [1.29, 1.82) is 0 Å². The van der Waals surface area contributed by atoms with Gasteiger partial charge in [-0.25, -0.2) is 8.42 Å². The maximum atomic E-state index is 11.7. The Kier molecular flexibility index (Phi) is 6.20. The number of carbonyl (C=O) groups is 1. The highest BCUT2D eigenvalue weighted by molar-refractivity contribution is 7.91. The predicted octanol–water partition coefficient (Wildman–Crippen LogP) is 0.485. The average molecular weight is 315 g/mol. The second kappa shape index (κ2) is 7.43. The van der Waals surface area contributed by atoms with Crippen LogP contribution in [0.15, 0.2) is 11.4 Å². The molecule has 0 aromatic carbocycles. The van der Waals surface area contributed by atoms with Crippen LogP contribution < -0.4 is 0 Å². The molecular formula is C13H17NO4S2. The summed E-state index contributed by atoms with van der Waals surface area (Å²) < 4.78 is 22.1. The minimum atomic E-state index is -3.31. The molecule has 1 N–H and O–H groups in total. The number of hydrogen-bond acceptors (Lipinski definition) is 5. The summed E-state index contributed by atoms with van der Waals surface area (Å²) in [6.45, 7) is 0.389. The smallest absolute Gasteiger partial charge is 0.237 e. The molecule has 0 fully saturated rings. The van der Waals surface area contributed by atoms with E-state index in [9.17, 15) is 13.2 Å². The third-order valence-corrected chi connectivity index (χ3v) is 4.00.